The summed E-state index contributed by atoms with van der Waals surface area (Å²) in [6.45, 7) is 13.4. The SMILES string of the molecule is CCC(C)N1CC(C)(C)NCc2cc(C)ccc21. The first-order valence-corrected chi connectivity index (χ1v) is 7.04. The Hall–Kier alpha value is -1.02. The summed E-state index contributed by atoms with van der Waals surface area (Å²) < 4.78 is 0. The summed E-state index contributed by atoms with van der Waals surface area (Å²) in [5.41, 5.74) is 4.35. The number of aryl methyl sites for hydroxylation is 1. The van der Waals surface area contributed by atoms with Gasteiger partial charge in [0, 0.05) is 30.4 Å². The van der Waals surface area contributed by atoms with Crippen molar-refractivity contribution in [1.82, 2.24) is 5.32 Å². The van der Waals surface area contributed by atoms with Gasteiger partial charge in [-0.1, -0.05) is 24.6 Å². The second-order valence-electron chi connectivity index (χ2n) is 6.25. The lowest BCUT2D eigenvalue weighted by Crippen LogP contribution is -2.49. The van der Waals surface area contributed by atoms with Crippen molar-refractivity contribution in [3.05, 3.63) is 29.3 Å². The van der Waals surface area contributed by atoms with Gasteiger partial charge in [0.1, 0.15) is 0 Å². The second kappa shape index (κ2) is 4.93. The van der Waals surface area contributed by atoms with Gasteiger partial charge in [-0.2, -0.15) is 0 Å². The summed E-state index contributed by atoms with van der Waals surface area (Å²) in [6, 6.07) is 7.43. The Bertz CT molecular complexity index is 423. The molecule has 0 radical (unpaired) electrons. The summed E-state index contributed by atoms with van der Waals surface area (Å²) in [6.07, 6.45) is 1.18. The number of hydrogen-bond acceptors (Lipinski definition) is 2. The van der Waals surface area contributed by atoms with Crippen molar-refractivity contribution < 1.29 is 0 Å². The van der Waals surface area contributed by atoms with E-state index in [1.54, 1.807) is 0 Å². The number of nitrogens with zero attached hydrogens (tertiary/aromatic N) is 1. The Morgan fingerprint density at radius 2 is 2.11 bits per heavy atom. The molecule has 1 unspecified atom stereocenters. The molecule has 0 saturated carbocycles. The molecule has 1 aliphatic rings. The summed E-state index contributed by atoms with van der Waals surface area (Å²) in [7, 11) is 0. The number of nitrogens with one attached hydrogen (secondary N) is 1. The molecule has 1 atom stereocenters. The first-order chi connectivity index (χ1) is 8.43. The van der Waals surface area contributed by atoms with Crippen molar-refractivity contribution >= 4 is 5.69 Å². The molecule has 0 bridgehead atoms. The maximum absolute atomic E-state index is 3.67. The van der Waals surface area contributed by atoms with E-state index in [2.05, 4.69) is 63.0 Å². The van der Waals surface area contributed by atoms with Crippen LogP contribution in [0.1, 0.15) is 45.2 Å². The van der Waals surface area contributed by atoms with Crippen LogP contribution in [0.5, 0.6) is 0 Å². The Balaban J connectivity index is 2.43. The van der Waals surface area contributed by atoms with Crippen LogP contribution in [-0.4, -0.2) is 18.1 Å². The molecule has 1 aromatic carbocycles. The van der Waals surface area contributed by atoms with E-state index in [0.717, 1.165) is 13.1 Å². The molecule has 2 rings (SSSR count). The van der Waals surface area contributed by atoms with Gasteiger partial charge in [-0.3, -0.25) is 0 Å². The highest BCUT2D eigenvalue weighted by atomic mass is 15.2. The lowest BCUT2D eigenvalue weighted by atomic mass is 10.0. The van der Waals surface area contributed by atoms with Crippen molar-refractivity contribution in [1.29, 1.82) is 0 Å². The molecule has 2 nitrogen and oxygen atoms in total. The molecule has 1 heterocycles. The van der Waals surface area contributed by atoms with Crippen LogP contribution in [-0.2, 0) is 6.54 Å². The lowest BCUT2D eigenvalue weighted by Gasteiger charge is -2.36. The molecule has 100 valence electrons. The first kappa shape index (κ1) is 13.4. The summed E-state index contributed by atoms with van der Waals surface area (Å²) in [5.74, 6) is 0. The molecule has 0 spiro atoms. The minimum atomic E-state index is 0.163. The molecule has 0 saturated heterocycles. The van der Waals surface area contributed by atoms with Crippen LogP contribution in [0, 0.1) is 6.92 Å². The molecule has 1 N–H and O–H groups in total. The number of rotatable bonds is 2. The van der Waals surface area contributed by atoms with Gasteiger partial charge in [0.05, 0.1) is 0 Å². The highest BCUT2D eigenvalue weighted by Crippen LogP contribution is 2.29. The molecule has 18 heavy (non-hydrogen) atoms. The van der Waals surface area contributed by atoms with Crippen LogP contribution >= 0.6 is 0 Å². The molecule has 0 aromatic heterocycles. The predicted octanol–water partition coefficient (Wildman–Crippen LogP) is 3.48. The average molecular weight is 246 g/mol. The van der Waals surface area contributed by atoms with Crippen molar-refractivity contribution in [2.45, 2.75) is 59.2 Å². The first-order valence-electron chi connectivity index (χ1n) is 7.04. The molecular formula is C16H26N2. The number of anilines is 1. The van der Waals surface area contributed by atoms with Crippen LogP contribution in [0.4, 0.5) is 5.69 Å². The fourth-order valence-electron chi connectivity index (χ4n) is 2.65. The highest BCUT2D eigenvalue weighted by molar-refractivity contribution is 5.57. The third-order valence-electron chi connectivity index (χ3n) is 3.99. The second-order valence-corrected chi connectivity index (χ2v) is 6.25. The Morgan fingerprint density at radius 3 is 2.78 bits per heavy atom. The van der Waals surface area contributed by atoms with Gasteiger partial charge in [-0.05, 0) is 45.7 Å². The minimum Gasteiger partial charge on any atom is -0.367 e. The Labute approximate surface area is 111 Å². The van der Waals surface area contributed by atoms with Gasteiger partial charge in [-0.25, -0.2) is 0 Å². The minimum absolute atomic E-state index is 0.163. The smallest absolute Gasteiger partial charge is 0.0415 e. The molecule has 0 fully saturated rings. The monoisotopic (exact) mass is 246 g/mol. The fourth-order valence-corrected chi connectivity index (χ4v) is 2.65. The van der Waals surface area contributed by atoms with Gasteiger partial charge in [-0.15, -0.1) is 0 Å². The van der Waals surface area contributed by atoms with E-state index >= 15 is 0 Å². The van der Waals surface area contributed by atoms with Crippen LogP contribution < -0.4 is 10.2 Å². The normalized spacial score (nSPS) is 20.2. The maximum atomic E-state index is 3.67. The summed E-state index contributed by atoms with van der Waals surface area (Å²) >= 11 is 0. The lowest BCUT2D eigenvalue weighted by molar-refractivity contribution is 0.384. The van der Waals surface area contributed by atoms with Gasteiger partial charge < -0.3 is 10.2 Å². The number of benzene rings is 1. The van der Waals surface area contributed by atoms with E-state index in [1.165, 1.54) is 23.2 Å². The Kier molecular flexibility index (Phi) is 3.67. The van der Waals surface area contributed by atoms with Crippen LogP contribution in [0.3, 0.4) is 0 Å². The molecule has 1 aromatic rings. The van der Waals surface area contributed by atoms with Crippen molar-refractivity contribution in [2.75, 3.05) is 11.4 Å². The molecule has 2 heteroatoms. The van der Waals surface area contributed by atoms with E-state index in [1.807, 2.05) is 0 Å². The molecule has 1 aliphatic heterocycles. The third-order valence-corrected chi connectivity index (χ3v) is 3.99. The highest BCUT2D eigenvalue weighted by Gasteiger charge is 2.28. The zero-order valence-electron chi connectivity index (χ0n) is 12.4. The number of fused-ring (bicyclic) bond motifs is 1. The molecule has 0 amide bonds. The van der Waals surface area contributed by atoms with Gasteiger partial charge >= 0.3 is 0 Å². The predicted molar refractivity (Wildman–Crippen MR) is 79.2 cm³/mol. The van der Waals surface area contributed by atoms with Crippen molar-refractivity contribution in [3.63, 3.8) is 0 Å². The van der Waals surface area contributed by atoms with Crippen LogP contribution in [0.25, 0.3) is 0 Å². The van der Waals surface area contributed by atoms with Crippen molar-refractivity contribution in [3.8, 4) is 0 Å². The zero-order chi connectivity index (χ0) is 13.3. The standard InChI is InChI=1S/C16H26N2/c1-6-13(3)18-11-16(4,5)17-10-14-9-12(2)7-8-15(14)18/h7-9,13,17H,6,10-11H2,1-5H3. The average Bonchev–Trinajstić information content (AvgIpc) is 2.45. The van der Waals surface area contributed by atoms with E-state index in [9.17, 15) is 0 Å². The van der Waals surface area contributed by atoms with Crippen LogP contribution in [0.2, 0.25) is 0 Å². The summed E-state index contributed by atoms with van der Waals surface area (Å²) in [5, 5.41) is 3.67. The summed E-state index contributed by atoms with van der Waals surface area (Å²) in [4.78, 5) is 2.56. The largest absolute Gasteiger partial charge is 0.367 e. The van der Waals surface area contributed by atoms with E-state index in [4.69, 9.17) is 0 Å². The molecule has 0 aliphatic carbocycles. The maximum Gasteiger partial charge on any atom is 0.0415 e. The van der Waals surface area contributed by atoms with Gasteiger partial charge in [0.25, 0.3) is 0 Å². The van der Waals surface area contributed by atoms with E-state index < -0.39 is 0 Å². The Morgan fingerprint density at radius 1 is 1.39 bits per heavy atom. The quantitative estimate of drug-likeness (QED) is 0.859. The van der Waals surface area contributed by atoms with Crippen LogP contribution in [0.15, 0.2) is 18.2 Å². The number of hydrogen-bond donors (Lipinski definition) is 1. The third kappa shape index (κ3) is 2.69. The van der Waals surface area contributed by atoms with Gasteiger partial charge in [0.15, 0.2) is 0 Å². The van der Waals surface area contributed by atoms with E-state index in [-0.39, 0.29) is 5.54 Å². The van der Waals surface area contributed by atoms with E-state index in [0.29, 0.717) is 6.04 Å². The van der Waals surface area contributed by atoms with Gasteiger partial charge in [0.2, 0.25) is 0 Å². The molecular weight excluding hydrogens is 220 g/mol. The van der Waals surface area contributed by atoms with Crippen molar-refractivity contribution in [2.24, 2.45) is 0 Å². The fraction of sp³-hybridized carbons (Fsp3) is 0.625. The zero-order valence-corrected chi connectivity index (χ0v) is 12.4. The topological polar surface area (TPSA) is 15.3 Å².